The average molecular weight is 1200 g/mol. The highest BCUT2D eigenvalue weighted by Crippen LogP contribution is 2.23. The summed E-state index contributed by atoms with van der Waals surface area (Å²) in [6.45, 7) is 7.65. The topological polar surface area (TPSA) is 383 Å². The van der Waals surface area contributed by atoms with Crippen LogP contribution in [0.1, 0.15) is 117 Å². The molecule has 26 heteroatoms. The molecule has 0 aliphatic carbocycles. The third-order valence-electron chi connectivity index (χ3n) is 15.5. The van der Waals surface area contributed by atoms with E-state index in [2.05, 4.69) is 47.9 Å². The number of nitrogens with zero attached hydrogens (tertiary/aromatic N) is 2. The molecular weight excluding hydrogens is 1110 g/mol. The smallest absolute Gasteiger partial charge is 0.270 e. The van der Waals surface area contributed by atoms with E-state index in [0.29, 0.717) is 36.8 Å². The van der Waals surface area contributed by atoms with Gasteiger partial charge in [0.25, 0.3) is 5.91 Å². The maximum Gasteiger partial charge on any atom is 0.270 e. The van der Waals surface area contributed by atoms with Gasteiger partial charge < -0.3 is 78.1 Å². The zero-order valence-corrected chi connectivity index (χ0v) is 49.9. The molecule has 0 spiro atoms. The van der Waals surface area contributed by atoms with Gasteiger partial charge in [-0.25, -0.2) is 0 Å². The van der Waals surface area contributed by atoms with E-state index < -0.39 is 151 Å². The molecule has 0 aromatic heterocycles. The Balaban J connectivity index is 1.53. The number of hydrogen-bond donors (Lipinski definition) is 13. The summed E-state index contributed by atoms with van der Waals surface area (Å²) in [5.74, 6) is -10.1. The summed E-state index contributed by atoms with van der Waals surface area (Å²) in [7, 11) is 0. The van der Waals surface area contributed by atoms with E-state index in [-0.39, 0.29) is 69.0 Å². The Kier molecular flexibility index (Phi) is 26.9. The second-order valence-corrected chi connectivity index (χ2v) is 22.7. The number of rotatable bonds is 14. The summed E-state index contributed by atoms with van der Waals surface area (Å²) in [5, 5.41) is 65.4. The SMILES string of the molecule is C/C=C1/NC(=O)[C@H](CO)NC(=O)C[C@@H](CCCCC)NC(=O)CNC(=O)[C@@H]2C[C@@H](O)CN2C(=O)[C@@H](Cc2ccccc2)NC(=O)[C@H]([C@@H](C)CC)NC(=O)[C@@H](CC(C)C)NC(=O)[C@@H](Cc2ccc(O)cc2)NC(=O)[C@H](CO)NC(=O)[C@@H]2CCCN2C1=O. The van der Waals surface area contributed by atoms with E-state index in [4.69, 9.17) is 0 Å². The molecule has 13 N–H and O–H groups in total. The third kappa shape index (κ3) is 20.1. The van der Waals surface area contributed by atoms with Crippen molar-refractivity contribution in [1.29, 1.82) is 0 Å². The number of fused-ring (bicyclic) bond motifs is 2. The van der Waals surface area contributed by atoms with Crippen LogP contribution < -0.4 is 47.9 Å². The van der Waals surface area contributed by atoms with Crippen LogP contribution in [0.5, 0.6) is 5.75 Å². The molecule has 0 saturated carbocycles. The molecule has 472 valence electrons. The third-order valence-corrected chi connectivity index (χ3v) is 15.5. The molecule has 2 aromatic carbocycles. The molecule has 26 nitrogen and oxygen atoms in total. The zero-order valence-electron chi connectivity index (χ0n) is 49.9. The molecule has 3 heterocycles. The van der Waals surface area contributed by atoms with Crippen molar-refractivity contribution in [1.82, 2.24) is 57.7 Å². The van der Waals surface area contributed by atoms with Crippen LogP contribution in [0.25, 0.3) is 0 Å². The van der Waals surface area contributed by atoms with Crippen LogP contribution in [-0.4, -0.2) is 189 Å². The first-order valence-corrected chi connectivity index (χ1v) is 29.7. The van der Waals surface area contributed by atoms with Gasteiger partial charge in [-0.1, -0.05) is 109 Å². The van der Waals surface area contributed by atoms with Crippen LogP contribution in [0.3, 0.4) is 0 Å². The average Bonchev–Trinajstić information content (AvgIpc) is 3.59. The van der Waals surface area contributed by atoms with Gasteiger partial charge in [-0.3, -0.25) is 52.7 Å². The predicted octanol–water partition coefficient (Wildman–Crippen LogP) is -1.28. The highest BCUT2D eigenvalue weighted by molar-refractivity contribution is 6.02. The van der Waals surface area contributed by atoms with Gasteiger partial charge in [0.2, 0.25) is 59.1 Å². The number of phenolic OH excluding ortho intramolecular Hbond substituents is 1. The Morgan fingerprint density at radius 3 is 1.87 bits per heavy atom. The Bertz CT molecular complexity index is 2730. The Morgan fingerprint density at radius 1 is 0.628 bits per heavy atom. The van der Waals surface area contributed by atoms with Gasteiger partial charge in [0.15, 0.2) is 0 Å². The number of carbonyl (C=O) groups excluding carboxylic acids is 11. The first-order valence-electron chi connectivity index (χ1n) is 29.7. The second kappa shape index (κ2) is 33.7. The number of amides is 11. The van der Waals surface area contributed by atoms with E-state index >= 15 is 0 Å². The van der Waals surface area contributed by atoms with Crippen LogP contribution in [0.15, 0.2) is 66.4 Å². The van der Waals surface area contributed by atoms with Crippen LogP contribution in [0.2, 0.25) is 0 Å². The molecule has 5 rings (SSSR count). The minimum atomic E-state index is -1.70. The molecule has 0 radical (unpaired) electrons. The van der Waals surface area contributed by atoms with Crippen molar-refractivity contribution in [3.05, 3.63) is 77.5 Å². The van der Waals surface area contributed by atoms with Crippen molar-refractivity contribution in [2.75, 3.05) is 32.8 Å². The van der Waals surface area contributed by atoms with Crippen molar-refractivity contribution in [2.24, 2.45) is 11.8 Å². The molecule has 0 bridgehead atoms. The number of nitrogens with one attached hydrogen (secondary N) is 9. The van der Waals surface area contributed by atoms with Crippen molar-refractivity contribution >= 4 is 65.0 Å². The largest absolute Gasteiger partial charge is 0.508 e. The van der Waals surface area contributed by atoms with E-state index in [1.807, 2.05) is 6.92 Å². The summed E-state index contributed by atoms with van der Waals surface area (Å²) < 4.78 is 0. The number of phenols is 1. The maximum absolute atomic E-state index is 14.8. The standard InChI is InChI=1S/C60H87N11O15/c1-7-10-12-18-38-28-49(76)63-45(32-72)54(80)64-41(9-3)59(85)70-24-15-19-47(70)57(83)68-46(33-73)55(81)66-43(26-37-20-22-39(74)23-21-37)52(78)65-42(25-34(4)5)53(79)69-51(35(6)8-2)58(84)67-44(27-36-16-13-11-14-17-36)60(86)71-31-40(75)29-48(71)56(82)61-30-50(77)62-38/h9,11,13-14,16-17,20-23,34-35,38,40,42-48,51,72-75H,7-8,10,12,15,18-19,24-33H2,1-6H3,(H,61,82)(H,62,77)(H,63,76)(H,64,80)(H,65,78)(H,66,81)(H,67,84)(H,68,83)(H,69,79)/b41-9+/t35-,38+,40+,42+,43+,44+,45-,46-,47-,48-,51-/m0/s1. The lowest BCUT2D eigenvalue weighted by molar-refractivity contribution is -0.142. The highest BCUT2D eigenvalue weighted by atomic mass is 16.3. The fourth-order valence-corrected chi connectivity index (χ4v) is 10.6. The van der Waals surface area contributed by atoms with E-state index in [1.54, 1.807) is 58.0 Å². The van der Waals surface area contributed by atoms with Crippen molar-refractivity contribution in [3.8, 4) is 5.75 Å². The minimum absolute atomic E-state index is 0.0203. The fraction of sp³-hybridized carbons (Fsp3) is 0.583. The van der Waals surface area contributed by atoms with Crippen molar-refractivity contribution < 1.29 is 73.2 Å². The molecule has 86 heavy (non-hydrogen) atoms. The number of aliphatic hydroxyl groups excluding tert-OH is 3. The van der Waals surface area contributed by atoms with Crippen LogP contribution in [0.4, 0.5) is 0 Å². The van der Waals surface area contributed by atoms with Crippen LogP contribution >= 0.6 is 0 Å². The molecule has 3 saturated heterocycles. The molecule has 3 aliphatic rings. The van der Waals surface area contributed by atoms with Gasteiger partial charge >= 0.3 is 0 Å². The van der Waals surface area contributed by atoms with Gasteiger partial charge in [-0.15, -0.1) is 0 Å². The summed E-state index contributed by atoms with van der Waals surface area (Å²) in [6.07, 6.45) is 2.31. The van der Waals surface area contributed by atoms with Crippen LogP contribution in [-0.2, 0) is 65.6 Å². The number of allylic oxidation sites excluding steroid dienone is 1. The Labute approximate surface area is 501 Å². The van der Waals surface area contributed by atoms with Crippen molar-refractivity contribution in [2.45, 2.75) is 179 Å². The molecule has 3 aliphatic heterocycles. The van der Waals surface area contributed by atoms with Gasteiger partial charge in [0.1, 0.15) is 59.8 Å². The quantitative estimate of drug-likeness (QED) is 0.0774. The van der Waals surface area contributed by atoms with Gasteiger partial charge in [-0.05, 0) is 67.7 Å². The lowest BCUT2D eigenvalue weighted by Gasteiger charge is -2.32. The normalized spacial score (nSPS) is 27.0. The van der Waals surface area contributed by atoms with Gasteiger partial charge in [0.05, 0.1) is 25.9 Å². The monoisotopic (exact) mass is 1200 g/mol. The van der Waals surface area contributed by atoms with E-state index in [0.717, 1.165) is 22.6 Å². The minimum Gasteiger partial charge on any atom is -0.508 e. The number of benzene rings is 2. The second-order valence-electron chi connectivity index (χ2n) is 22.7. The molecule has 11 atom stereocenters. The lowest BCUT2D eigenvalue weighted by Crippen LogP contribution is -2.61. The summed E-state index contributed by atoms with van der Waals surface area (Å²) in [6, 6.07) is 2.16. The number of aliphatic hydroxyl groups is 3. The Hall–Kier alpha value is -7.97. The number of carbonyl (C=O) groups is 11. The first-order chi connectivity index (χ1) is 41.0. The molecular formula is C60H87N11O15. The van der Waals surface area contributed by atoms with E-state index in [9.17, 15) is 73.2 Å². The number of hydrogen-bond acceptors (Lipinski definition) is 15. The predicted molar refractivity (Wildman–Crippen MR) is 313 cm³/mol. The molecule has 2 aromatic rings. The molecule has 3 fully saturated rings. The van der Waals surface area contributed by atoms with Crippen molar-refractivity contribution in [3.63, 3.8) is 0 Å². The van der Waals surface area contributed by atoms with Gasteiger partial charge in [-0.2, -0.15) is 0 Å². The summed E-state index contributed by atoms with van der Waals surface area (Å²) in [5.41, 5.74) is 0.731. The molecule has 0 unspecified atom stereocenters. The zero-order chi connectivity index (χ0) is 63.2. The van der Waals surface area contributed by atoms with E-state index in [1.165, 1.54) is 37.3 Å². The fourth-order valence-electron chi connectivity index (χ4n) is 10.6. The molecule has 11 amide bonds. The van der Waals surface area contributed by atoms with Crippen LogP contribution in [0, 0.1) is 11.8 Å². The Morgan fingerprint density at radius 2 is 1.23 bits per heavy atom. The number of aromatic hydroxyl groups is 1. The van der Waals surface area contributed by atoms with Gasteiger partial charge in [0, 0.05) is 44.8 Å². The highest BCUT2D eigenvalue weighted by Gasteiger charge is 2.44. The first kappa shape index (κ1) is 68.8. The maximum atomic E-state index is 14.8. The summed E-state index contributed by atoms with van der Waals surface area (Å²) in [4.78, 5) is 158. The lowest BCUT2D eigenvalue weighted by atomic mass is 9.95. The summed E-state index contributed by atoms with van der Waals surface area (Å²) >= 11 is 0. The number of unbranched alkanes of at least 4 members (excludes halogenated alkanes) is 2.